The topological polar surface area (TPSA) is 93.1 Å². The number of anilines is 1. The molecule has 0 spiro atoms. The minimum Gasteiger partial charge on any atom is -0.454 e. The van der Waals surface area contributed by atoms with Gasteiger partial charge in [0.15, 0.2) is 23.0 Å². The van der Waals surface area contributed by atoms with Crippen LogP contribution in [-0.2, 0) is 0 Å². The van der Waals surface area contributed by atoms with Crippen LogP contribution in [0.3, 0.4) is 0 Å². The molecule has 0 saturated carbocycles. The Morgan fingerprint density at radius 3 is 2.42 bits per heavy atom. The first-order chi connectivity index (χ1) is 18.2. The minimum absolute atomic E-state index is 0.0426. The zero-order chi connectivity index (χ0) is 26.4. The average molecular weight is 529 g/mol. The van der Waals surface area contributed by atoms with Gasteiger partial charge in [0.2, 0.25) is 6.79 Å². The molecule has 2 aliphatic rings. The summed E-state index contributed by atoms with van der Waals surface area (Å²) >= 11 is 0. The molecule has 1 aromatic heterocycles. The average Bonchev–Trinajstić information content (AvgIpc) is 3.59. The second-order valence-electron chi connectivity index (χ2n) is 8.07. The zero-order valence-electron chi connectivity index (χ0n) is 19.0. The lowest BCUT2D eigenvalue weighted by atomic mass is 10.0. The van der Waals surface area contributed by atoms with E-state index < -0.39 is 18.9 Å². The number of nitrogens with zero attached hydrogens (tertiary/aromatic N) is 2. The third kappa shape index (κ3) is 4.49. The first-order valence-corrected chi connectivity index (χ1v) is 11.0. The fourth-order valence-corrected chi connectivity index (χ4v) is 3.97. The first kappa shape index (κ1) is 23.5. The molecule has 0 saturated heterocycles. The summed E-state index contributed by atoms with van der Waals surface area (Å²) in [5, 5.41) is 6.96. The molecule has 13 heteroatoms. The Balaban J connectivity index is 1.34. The lowest BCUT2D eigenvalue weighted by molar-refractivity contribution is -0.286. The Kier molecular flexibility index (Phi) is 5.47. The molecule has 0 bridgehead atoms. The predicted octanol–water partition coefficient (Wildman–Crippen LogP) is 5.95. The second kappa shape index (κ2) is 8.87. The highest BCUT2D eigenvalue weighted by molar-refractivity contribution is 5.93. The standard InChI is InChI=1S/C25H15F4N3O6/c26-23(27)36-16-5-1-13(2-6-16)22-17(14-3-7-18-20(9-14)35-12-34-18)11-32(31-22)24(33)30-15-4-8-19-21(10-15)38-25(28,29)37-19/h1-11,23H,12H2,(H,30,33). The molecule has 0 aliphatic carbocycles. The van der Waals surface area contributed by atoms with Crippen molar-refractivity contribution in [1.29, 1.82) is 0 Å². The van der Waals surface area contributed by atoms with Gasteiger partial charge in [-0.1, -0.05) is 6.07 Å². The number of hydrogen-bond acceptors (Lipinski definition) is 7. The fourth-order valence-electron chi connectivity index (χ4n) is 3.97. The summed E-state index contributed by atoms with van der Waals surface area (Å²) in [6.45, 7) is -2.91. The monoisotopic (exact) mass is 529 g/mol. The number of alkyl halides is 4. The molecule has 1 N–H and O–H groups in total. The van der Waals surface area contributed by atoms with Gasteiger partial charge in [-0.3, -0.25) is 0 Å². The Bertz CT molecular complexity index is 1540. The molecule has 38 heavy (non-hydrogen) atoms. The molecule has 0 unspecified atom stereocenters. The van der Waals surface area contributed by atoms with E-state index in [9.17, 15) is 22.4 Å². The number of carbonyl (C=O) groups is 1. The highest BCUT2D eigenvalue weighted by Crippen LogP contribution is 2.42. The summed E-state index contributed by atoms with van der Waals surface area (Å²) in [5.74, 6) is 0.615. The summed E-state index contributed by atoms with van der Waals surface area (Å²) in [6, 6.07) is 14.0. The molecule has 194 valence electrons. The van der Waals surface area contributed by atoms with E-state index in [0.29, 0.717) is 33.9 Å². The van der Waals surface area contributed by atoms with Gasteiger partial charge in [0.1, 0.15) is 11.4 Å². The number of halogens is 4. The first-order valence-electron chi connectivity index (χ1n) is 11.0. The van der Waals surface area contributed by atoms with Gasteiger partial charge < -0.3 is 29.0 Å². The van der Waals surface area contributed by atoms with Gasteiger partial charge in [-0.15, -0.1) is 8.78 Å². The smallest absolute Gasteiger partial charge is 0.454 e. The van der Waals surface area contributed by atoms with E-state index in [-0.39, 0.29) is 29.7 Å². The Labute approximate surface area is 211 Å². The van der Waals surface area contributed by atoms with Crippen LogP contribution < -0.4 is 29.0 Å². The van der Waals surface area contributed by atoms with E-state index in [2.05, 4.69) is 24.6 Å². The molecular formula is C25H15F4N3O6. The summed E-state index contributed by atoms with van der Waals surface area (Å²) in [6.07, 6.45) is -2.33. The van der Waals surface area contributed by atoms with Crippen LogP contribution in [0.15, 0.2) is 66.9 Å². The van der Waals surface area contributed by atoms with E-state index in [1.807, 2.05) is 0 Å². The van der Waals surface area contributed by atoms with Crippen LogP contribution in [-0.4, -0.2) is 35.5 Å². The third-order valence-corrected chi connectivity index (χ3v) is 5.61. The third-order valence-electron chi connectivity index (χ3n) is 5.61. The van der Waals surface area contributed by atoms with E-state index >= 15 is 0 Å². The molecule has 3 heterocycles. The van der Waals surface area contributed by atoms with Gasteiger partial charge in [0.25, 0.3) is 0 Å². The van der Waals surface area contributed by atoms with Crippen LogP contribution in [0.1, 0.15) is 0 Å². The van der Waals surface area contributed by atoms with E-state index in [1.54, 1.807) is 18.2 Å². The van der Waals surface area contributed by atoms with Gasteiger partial charge in [-0.2, -0.15) is 18.6 Å². The van der Waals surface area contributed by atoms with Crippen LogP contribution >= 0.6 is 0 Å². The number of fused-ring (bicyclic) bond motifs is 2. The van der Waals surface area contributed by atoms with Crippen molar-refractivity contribution in [2.24, 2.45) is 0 Å². The molecule has 0 fully saturated rings. The van der Waals surface area contributed by atoms with Crippen molar-refractivity contribution in [3.8, 4) is 51.1 Å². The van der Waals surface area contributed by atoms with Crippen molar-refractivity contribution in [2.45, 2.75) is 12.9 Å². The lowest BCUT2D eigenvalue weighted by Gasteiger charge is -2.07. The minimum atomic E-state index is -3.79. The van der Waals surface area contributed by atoms with Crippen LogP contribution in [0.4, 0.5) is 28.0 Å². The van der Waals surface area contributed by atoms with E-state index in [0.717, 1.165) is 4.68 Å². The van der Waals surface area contributed by atoms with Crippen LogP contribution in [0.25, 0.3) is 22.4 Å². The number of ether oxygens (including phenoxy) is 5. The van der Waals surface area contributed by atoms with Gasteiger partial charge in [0, 0.05) is 29.1 Å². The van der Waals surface area contributed by atoms with E-state index in [1.165, 1.54) is 48.7 Å². The second-order valence-corrected chi connectivity index (χ2v) is 8.07. The van der Waals surface area contributed by atoms with Crippen LogP contribution in [0, 0.1) is 0 Å². The van der Waals surface area contributed by atoms with Gasteiger partial charge in [-0.25, -0.2) is 4.79 Å². The summed E-state index contributed by atoms with van der Waals surface area (Å²) in [7, 11) is 0. The molecule has 1 amide bonds. The van der Waals surface area contributed by atoms with Crippen molar-refractivity contribution in [2.75, 3.05) is 12.1 Å². The van der Waals surface area contributed by atoms with Crippen molar-refractivity contribution in [1.82, 2.24) is 9.78 Å². The number of benzene rings is 3. The zero-order valence-corrected chi connectivity index (χ0v) is 19.0. The number of amides is 1. The number of rotatable bonds is 5. The Morgan fingerprint density at radius 2 is 1.63 bits per heavy atom. The Hall–Kier alpha value is -4.94. The SMILES string of the molecule is O=C(Nc1ccc2c(c1)OC(F)(F)O2)n1cc(-c2ccc3c(c2)OCO3)c(-c2ccc(OC(F)F)cc2)n1. The molecule has 3 aromatic carbocycles. The van der Waals surface area contributed by atoms with Gasteiger partial charge in [0.05, 0.1) is 0 Å². The number of aromatic nitrogens is 2. The maximum atomic E-state index is 13.3. The molecule has 0 radical (unpaired) electrons. The lowest BCUT2D eigenvalue weighted by Crippen LogP contribution is -2.25. The molecular weight excluding hydrogens is 514 g/mol. The van der Waals surface area contributed by atoms with Crippen molar-refractivity contribution >= 4 is 11.7 Å². The summed E-state index contributed by atoms with van der Waals surface area (Å²) in [4.78, 5) is 13.1. The summed E-state index contributed by atoms with van der Waals surface area (Å²) < 4.78 is 76.8. The van der Waals surface area contributed by atoms with Crippen molar-refractivity contribution in [3.05, 3.63) is 66.9 Å². The van der Waals surface area contributed by atoms with E-state index in [4.69, 9.17) is 9.47 Å². The quantitative estimate of drug-likeness (QED) is 0.320. The maximum absolute atomic E-state index is 13.3. The number of hydrogen-bond donors (Lipinski definition) is 1. The van der Waals surface area contributed by atoms with Crippen molar-refractivity contribution in [3.63, 3.8) is 0 Å². The van der Waals surface area contributed by atoms with Crippen molar-refractivity contribution < 1.29 is 46.0 Å². The molecule has 6 rings (SSSR count). The highest BCUT2D eigenvalue weighted by Gasteiger charge is 2.43. The molecule has 4 aromatic rings. The number of nitrogens with one attached hydrogen (secondary N) is 1. The van der Waals surface area contributed by atoms with Crippen LogP contribution in [0.5, 0.6) is 28.7 Å². The number of carbonyl (C=O) groups excluding carboxylic acids is 1. The normalized spacial score (nSPS) is 14.6. The molecule has 0 atom stereocenters. The fraction of sp³-hybridized carbons (Fsp3) is 0.120. The van der Waals surface area contributed by atoms with Crippen LogP contribution in [0.2, 0.25) is 0 Å². The molecule has 9 nitrogen and oxygen atoms in total. The molecule has 2 aliphatic heterocycles. The van der Waals surface area contributed by atoms with Gasteiger partial charge >= 0.3 is 18.9 Å². The summed E-state index contributed by atoms with van der Waals surface area (Å²) in [5.41, 5.74) is 2.18. The predicted molar refractivity (Wildman–Crippen MR) is 123 cm³/mol. The van der Waals surface area contributed by atoms with Gasteiger partial charge in [-0.05, 0) is 54.1 Å². The largest absolute Gasteiger partial charge is 0.586 e. The highest BCUT2D eigenvalue weighted by atomic mass is 19.3. The maximum Gasteiger partial charge on any atom is 0.586 e. The Morgan fingerprint density at radius 1 is 0.921 bits per heavy atom.